The number of anilines is 1. The van der Waals surface area contributed by atoms with Gasteiger partial charge in [-0.05, 0) is 19.1 Å². The van der Waals surface area contributed by atoms with Crippen LogP contribution in [0, 0.1) is 0 Å². The molecule has 4 heterocycles. The third kappa shape index (κ3) is 2.60. The molecular weight excluding hydrogens is 334 g/mol. The van der Waals surface area contributed by atoms with E-state index in [-0.39, 0.29) is 11.9 Å². The van der Waals surface area contributed by atoms with E-state index >= 15 is 0 Å². The largest absolute Gasteiger partial charge is 0.377 e. The minimum atomic E-state index is -0.168. The zero-order chi connectivity index (χ0) is 18.3. The molecule has 9 heteroatoms. The van der Waals surface area contributed by atoms with Crippen molar-refractivity contribution in [1.82, 2.24) is 30.3 Å². The summed E-state index contributed by atoms with van der Waals surface area (Å²) < 4.78 is 7.22. The number of hydrogen-bond acceptors (Lipinski definition) is 6. The highest BCUT2D eigenvalue weighted by Crippen LogP contribution is 2.31. The molecular formula is C17H21N7O2. The molecule has 1 aliphatic rings. The number of H-pyrrole nitrogens is 1. The number of aryl methyl sites for hydroxylation is 1. The van der Waals surface area contributed by atoms with E-state index in [1.807, 2.05) is 19.2 Å². The van der Waals surface area contributed by atoms with Gasteiger partial charge in [0.2, 0.25) is 0 Å². The summed E-state index contributed by atoms with van der Waals surface area (Å²) in [5.74, 6) is 0.583. The van der Waals surface area contributed by atoms with Gasteiger partial charge in [0.1, 0.15) is 22.5 Å². The van der Waals surface area contributed by atoms with Crippen LogP contribution in [0.25, 0.3) is 22.4 Å². The molecule has 0 saturated carbocycles. The van der Waals surface area contributed by atoms with Crippen molar-refractivity contribution in [1.29, 1.82) is 0 Å². The van der Waals surface area contributed by atoms with Gasteiger partial charge >= 0.3 is 0 Å². The van der Waals surface area contributed by atoms with Crippen molar-refractivity contribution in [2.45, 2.75) is 13.0 Å². The summed E-state index contributed by atoms with van der Waals surface area (Å²) in [7, 11) is 3.44. The van der Waals surface area contributed by atoms with Crippen LogP contribution in [0.4, 0.5) is 5.82 Å². The predicted molar refractivity (Wildman–Crippen MR) is 97.1 cm³/mol. The van der Waals surface area contributed by atoms with Gasteiger partial charge in [-0.1, -0.05) is 0 Å². The van der Waals surface area contributed by atoms with Crippen LogP contribution < -0.4 is 10.2 Å². The molecule has 3 aromatic rings. The predicted octanol–water partition coefficient (Wildman–Crippen LogP) is 0.943. The quantitative estimate of drug-likeness (QED) is 0.725. The van der Waals surface area contributed by atoms with Crippen molar-refractivity contribution in [3.63, 3.8) is 0 Å². The maximum absolute atomic E-state index is 12.5. The van der Waals surface area contributed by atoms with Gasteiger partial charge < -0.3 is 15.0 Å². The molecule has 1 amide bonds. The molecule has 1 aliphatic heterocycles. The minimum Gasteiger partial charge on any atom is -0.377 e. The molecule has 2 N–H and O–H groups in total. The zero-order valence-electron chi connectivity index (χ0n) is 15.0. The number of fused-ring (bicyclic) bond motifs is 1. The fraction of sp³-hybridized carbons (Fsp3) is 0.412. The first-order valence-electron chi connectivity index (χ1n) is 8.54. The molecule has 3 aromatic heterocycles. The Labute approximate surface area is 150 Å². The van der Waals surface area contributed by atoms with Crippen LogP contribution in [0.15, 0.2) is 18.3 Å². The van der Waals surface area contributed by atoms with Crippen molar-refractivity contribution in [2.24, 2.45) is 7.05 Å². The highest BCUT2D eigenvalue weighted by molar-refractivity contribution is 6.08. The van der Waals surface area contributed by atoms with Gasteiger partial charge in [0.15, 0.2) is 0 Å². The molecule has 4 rings (SSSR count). The Morgan fingerprint density at radius 1 is 1.46 bits per heavy atom. The van der Waals surface area contributed by atoms with Crippen LogP contribution >= 0.6 is 0 Å². The van der Waals surface area contributed by atoms with Gasteiger partial charge in [-0.15, -0.1) is 0 Å². The highest BCUT2D eigenvalue weighted by Gasteiger charge is 2.26. The number of pyridine rings is 1. The van der Waals surface area contributed by atoms with Crippen molar-refractivity contribution >= 4 is 22.8 Å². The second-order valence-electron chi connectivity index (χ2n) is 6.36. The molecule has 1 saturated heterocycles. The Hall–Kier alpha value is -2.94. The monoisotopic (exact) mass is 355 g/mol. The average molecular weight is 355 g/mol. The maximum Gasteiger partial charge on any atom is 0.253 e. The van der Waals surface area contributed by atoms with Crippen LogP contribution in [0.5, 0.6) is 0 Å². The van der Waals surface area contributed by atoms with Gasteiger partial charge in [-0.3, -0.25) is 14.6 Å². The van der Waals surface area contributed by atoms with E-state index in [4.69, 9.17) is 9.72 Å². The molecule has 136 valence electrons. The van der Waals surface area contributed by atoms with Crippen molar-refractivity contribution in [3.05, 3.63) is 23.9 Å². The molecule has 0 spiro atoms. The summed E-state index contributed by atoms with van der Waals surface area (Å²) in [6, 6.07) is 3.85. The van der Waals surface area contributed by atoms with Gasteiger partial charge in [0.25, 0.3) is 5.91 Å². The lowest BCUT2D eigenvalue weighted by Crippen LogP contribution is -2.44. The number of nitrogens with one attached hydrogen (secondary N) is 2. The van der Waals surface area contributed by atoms with Crippen molar-refractivity contribution < 1.29 is 9.53 Å². The third-order valence-corrected chi connectivity index (χ3v) is 4.67. The summed E-state index contributed by atoms with van der Waals surface area (Å²) >= 11 is 0. The molecule has 0 unspecified atom stereocenters. The maximum atomic E-state index is 12.5. The van der Waals surface area contributed by atoms with Gasteiger partial charge in [-0.2, -0.15) is 10.2 Å². The van der Waals surface area contributed by atoms with Crippen LogP contribution in [0.2, 0.25) is 0 Å². The Morgan fingerprint density at radius 3 is 3.00 bits per heavy atom. The summed E-state index contributed by atoms with van der Waals surface area (Å²) in [6.07, 6.45) is 1.67. The van der Waals surface area contributed by atoms with E-state index in [9.17, 15) is 4.79 Å². The average Bonchev–Trinajstić information content (AvgIpc) is 3.29. The SMILES string of the molecule is CNC(=O)c1cc(N2CCOC[C@H]2C)nc2c(-c3ccn[nH]3)nn(C)c12. The Kier molecular flexibility index (Phi) is 4.08. The number of carbonyl (C=O) groups excluding carboxylic acids is 1. The molecule has 1 fully saturated rings. The lowest BCUT2D eigenvalue weighted by Gasteiger charge is -2.34. The number of aromatic amines is 1. The van der Waals surface area contributed by atoms with Crippen molar-refractivity contribution in [2.75, 3.05) is 31.7 Å². The third-order valence-electron chi connectivity index (χ3n) is 4.67. The Morgan fingerprint density at radius 2 is 2.31 bits per heavy atom. The first-order chi connectivity index (χ1) is 12.6. The summed E-state index contributed by atoms with van der Waals surface area (Å²) in [5.41, 5.74) is 3.35. The fourth-order valence-electron chi connectivity index (χ4n) is 3.36. The normalized spacial score (nSPS) is 17.7. The number of ether oxygens (including phenoxy) is 1. The van der Waals surface area contributed by atoms with Gasteiger partial charge in [0, 0.05) is 26.8 Å². The lowest BCUT2D eigenvalue weighted by atomic mass is 10.1. The number of amides is 1. The van der Waals surface area contributed by atoms with Crippen LogP contribution in [-0.4, -0.2) is 63.7 Å². The molecule has 9 nitrogen and oxygen atoms in total. The van der Waals surface area contributed by atoms with E-state index in [2.05, 4.69) is 32.4 Å². The molecule has 0 radical (unpaired) electrons. The lowest BCUT2D eigenvalue weighted by molar-refractivity contribution is 0.0963. The number of morpholine rings is 1. The number of rotatable bonds is 3. The van der Waals surface area contributed by atoms with Crippen LogP contribution in [0.1, 0.15) is 17.3 Å². The molecule has 0 aliphatic carbocycles. The first-order valence-corrected chi connectivity index (χ1v) is 8.54. The van der Waals surface area contributed by atoms with Gasteiger partial charge in [-0.25, -0.2) is 4.98 Å². The van der Waals surface area contributed by atoms with Crippen LogP contribution in [0.3, 0.4) is 0 Å². The molecule has 26 heavy (non-hydrogen) atoms. The van der Waals surface area contributed by atoms with E-state index in [0.717, 1.165) is 18.1 Å². The van der Waals surface area contributed by atoms with E-state index in [1.54, 1.807) is 17.9 Å². The van der Waals surface area contributed by atoms with E-state index in [1.165, 1.54) is 0 Å². The molecule has 1 atom stereocenters. The minimum absolute atomic E-state index is 0.168. The number of carbonyl (C=O) groups is 1. The first kappa shape index (κ1) is 16.5. The zero-order valence-corrected chi connectivity index (χ0v) is 15.0. The Bertz CT molecular complexity index is 948. The fourth-order valence-corrected chi connectivity index (χ4v) is 3.36. The highest BCUT2D eigenvalue weighted by atomic mass is 16.5. The molecule has 0 bridgehead atoms. The summed E-state index contributed by atoms with van der Waals surface area (Å²) in [5, 5.41) is 14.2. The number of aromatic nitrogens is 5. The number of nitrogens with zero attached hydrogens (tertiary/aromatic N) is 5. The standard InChI is InChI=1S/C17H21N7O2/c1-10-9-26-7-6-24(10)13-8-11(17(25)18-2)16-15(20-13)14(22-23(16)3)12-4-5-19-21-12/h4-5,8,10H,6-7,9H2,1-3H3,(H,18,25)(H,19,21)/t10-/m1/s1. The second-order valence-corrected chi connectivity index (χ2v) is 6.36. The Balaban J connectivity index is 1.96. The topological polar surface area (TPSA) is 101 Å². The molecule has 0 aromatic carbocycles. The second kappa shape index (κ2) is 6.41. The van der Waals surface area contributed by atoms with Crippen LogP contribution in [-0.2, 0) is 11.8 Å². The smallest absolute Gasteiger partial charge is 0.253 e. The number of hydrogen-bond donors (Lipinski definition) is 2. The van der Waals surface area contributed by atoms with Crippen molar-refractivity contribution in [3.8, 4) is 11.4 Å². The van der Waals surface area contributed by atoms with Gasteiger partial charge in [0.05, 0.1) is 30.5 Å². The summed E-state index contributed by atoms with van der Waals surface area (Å²) in [4.78, 5) is 19.6. The van der Waals surface area contributed by atoms with E-state index < -0.39 is 0 Å². The summed E-state index contributed by atoms with van der Waals surface area (Å²) in [6.45, 7) is 4.09. The van der Waals surface area contributed by atoms with E-state index in [0.29, 0.717) is 35.5 Å².